The van der Waals surface area contributed by atoms with E-state index in [1.54, 1.807) is 24.0 Å². The lowest BCUT2D eigenvalue weighted by atomic mass is 9.99. The van der Waals surface area contributed by atoms with Crippen LogP contribution in [0.4, 0.5) is 5.69 Å². The largest absolute Gasteiger partial charge is 0.356 e. The third-order valence-corrected chi connectivity index (χ3v) is 8.36. The van der Waals surface area contributed by atoms with E-state index < -0.39 is 9.84 Å². The Hall–Kier alpha value is -1.41. The quantitative estimate of drug-likeness (QED) is 0.492. The Kier molecular flexibility index (Phi) is 9.34. The first-order valence-electron chi connectivity index (χ1n) is 10.9. The molecule has 0 aliphatic carbocycles. The topological polar surface area (TPSA) is 83.6 Å². The molecule has 30 heavy (non-hydrogen) atoms. The fraction of sp³-hybridized carbons (Fsp3) is 0.636. The molecule has 8 heteroatoms. The molecule has 0 fully saturated rings. The van der Waals surface area contributed by atoms with Gasteiger partial charge in [0.15, 0.2) is 9.84 Å². The number of carbonyl (C=O) groups is 2. The Morgan fingerprint density at radius 2 is 1.97 bits per heavy atom. The highest BCUT2D eigenvalue weighted by Crippen LogP contribution is 2.36. The van der Waals surface area contributed by atoms with Crippen LogP contribution in [0.5, 0.6) is 0 Å². The van der Waals surface area contributed by atoms with E-state index in [4.69, 9.17) is 0 Å². The minimum absolute atomic E-state index is 0.0210. The van der Waals surface area contributed by atoms with E-state index in [1.807, 2.05) is 0 Å². The molecule has 1 heterocycles. The molecule has 0 bridgehead atoms. The van der Waals surface area contributed by atoms with Crippen molar-refractivity contribution >= 4 is 43.3 Å². The number of hydrogen-bond acceptors (Lipinski definition) is 4. The number of rotatable bonds is 11. The van der Waals surface area contributed by atoms with E-state index in [2.05, 4.69) is 35.1 Å². The molecule has 1 aromatic rings. The number of anilines is 1. The molecular formula is C22H33BrN2O4S. The van der Waals surface area contributed by atoms with Gasteiger partial charge in [-0.2, -0.15) is 0 Å². The highest BCUT2D eigenvalue weighted by molar-refractivity contribution is 9.10. The second kappa shape index (κ2) is 11.3. The summed E-state index contributed by atoms with van der Waals surface area (Å²) in [5, 5.41) is 2.88. The van der Waals surface area contributed by atoms with Crippen molar-refractivity contribution in [2.75, 3.05) is 23.7 Å². The molecule has 1 aliphatic rings. The van der Waals surface area contributed by atoms with Crippen LogP contribution in [0, 0.1) is 5.92 Å². The minimum Gasteiger partial charge on any atom is -0.356 e. The molecule has 168 valence electrons. The first-order valence-corrected chi connectivity index (χ1v) is 13.3. The smallest absolute Gasteiger partial charge is 0.226 e. The van der Waals surface area contributed by atoms with Crippen LogP contribution in [0.2, 0.25) is 0 Å². The van der Waals surface area contributed by atoms with Crippen molar-refractivity contribution in [2.24, 2.45) is 5.92 Å². The second-order valence-corrected chi connectivity index (χ2v) is 10.8. The molecule has 0 spiro atoms. The van der Waals surface area contributed by atoms with Gasteiger partial charge in [0.1, 0.15) is 0 Å². The zero-order valence-corrected chi connectivity index (χ0v) is 20.6. The van der Waals surface area contributed by atoms with Gasteiger partial charge in [0.25, 0.3) is 0 Å². The Morgan fingerprint density at radius 1 is 1.23 bits per heavy atom. The van der Waals surface area contributed by atoms with E-state index in [-0.39, 0.29) is 28.9 Å². The summed E-state index contributed by atoms with van der Waals surface area (Å²) in [5.41, 5.74) is 1.62. The van der Waals surface area contributed by atoms with Crippen molar-refractivity contribution in [2.45, 2.75) is 70.6 Å². The van der Waals surface area contributed by atoms with E-state index in [0.29, 0.717) is 42.0 Å². The average Bonchev–Trinajstić information content (AvgIpc) is 3.13. The summed E-state index contributed by atoms with van der Waals surface area (Å²) in [4.78, 5) is 26.2. The number of amides is 2. The Morgan fingerprint density at radius 3 is 2.60 bits per heavy atom. The summed E-state index contributed by atoms with van der Waals surface area (Å²) in [5.74, 6) is -0.0941. The van der Waals surface area contributed by atoms with Gasteiger partial charge >= 0.3 is 0 Å². The van der Waals surface area contributed by atoms with Gasteiger partial charge in [0, 0.05) is 36.1 Å². The van der Waals surface area contributed by atoms with Crippen LogP contribution < -0.4 is 10.2 Å². The summed E-state index contributed by atoms with van der Waals surface area (Å²) >= 11 is 3.37. The van der Waals surface area contributed by atoms with Gasteiger partial charge in [-0.25, -0.2) is 8.42 Å². The highest BCUT2D eigenvalue weighted by atomic mass is 79.9. The van der Waals surface area contributed by atoms with E-state index in [0.717, 1.165) is 31.2 Å². The van der Waals surface area contributed by atoms with Crippen LogP contribution in [0.15, 0.2) is 21.5 Å². The third-order valence-electron chi connectivity index (χ3n) is 5.70. The fourth-order valence-electron chi connectivity index (χ4n) is 3.70. The maximum absolute atomic E-state index is 12.9. The Labute approximate surface area is 188 Å². The molecule has 0 radical (unpaired) electrons. The van der Waals surface area contributed by atoms with Gasteiger partial charge in [-0.1, -0.05) is 40.0 Å². The van der Waals surface area contributed by atoms with Gasteiger partial charge < -0.3 is 10.2 Å². The van der Waals surface area contributed by atoms with Crippen molar-refractivity contribution < 1.29 is 18.0 Å². The number of nitrogens with zero attached hydrogens (tertiary/aromatic N) is 1. The summed E-state index contributed by atoms with van der Waals surface area (Å²) < 4.78 is 26.3. The first-order chi connectivity index (χ1) is 14.2. The average molecular weight is 501 g/mol. The van der Waals surface area contributed by atoms with Crippen LogP contribution in [-0.4, -0.2) is 39.1 Å². The second-order valence-electron chi connectivity index (χ2n) is 7.85. The third kappa shape index (κ3) is 6.30. The van der Waals surface area contributed by atoms with Crippen LogP contribution in [0.25, 0.3) is 0 Å². The van der Waals surface area contributed by atoms with Crippen molar-refractivity contribution in [3.63, 3.8) is 0 Å². The molecule has 1 atom stereocenters. The van der Waals surface area contributed by atoms with Crippen molar-refractivity contribution in [1.29, 1.82) is 0 Å². The Bertz CT molecular complexity index is 870. The summed E-state index contributed by atoms with van der Waals surface area (Å²) in [7, 11) is -3.67. The molecule has 2 amide bonds. The standard InChI is InChI=1S/C22H33BrN2O4S/c1-4-7-8-16(5-2)15-24-21(26)10-12-30(28,29)20-14-19-17(13-18(20)23)9-11-25(19)22(27)6-3/h13-14,16H,4-12,15H2,1-3H3,(H,24,26). The van der Waals surface area contributed by atoms with Gasteiger partial charge in [-0.15, -0.1) is 0 Å². The van der Waals surface area contributed by atoms with Gasteiger partial charge in [0.2, 0.25) is 11.8 Å². The monoisotopic (exact) mass is 500 g/mol. The first kappa shape index (κ1) is 24.9. The van der Waals surface area contributed by atoms with Crippen molar-refractivity contribution in [3.05, 3.63) is 22.2 Å². The number of fused-ring (bicyclic) bond motifs is 1. The normalized spacial score (nSPS) is 14.5. The van der Waals surface area contributed by atoms with E-state index in [1.165, 1.54) is 0 Å². The van der Waals surface area contributed by atoms with Crippen molar-refractivity contribution in [3.8, 4) is 0 Å². The van der Waals surface area contributed by atoms with Crippen LogP contribution in [0.3, 0.4) is 0 Å². The van der Waals surface area contributed by atoms with E-state index >= 15 is 0 Å². The zero-order valence-electron chi connectivity index (χ0n) is 18.2. The SMILES string of the molecule is CCCCC(CC)CNC(=O)CCS(=O)(=O)c1cc2c(cc1Br)CCN2C(=O)CC. The minimum atomic E-state index is -3.67. The molecule has 1 aromatic carbocycles. The summed E-state index contributed by atoms with van der Waals surface area (Å²) in [6, 6.07) is 3.36. The van der Waals surface area contributed by atoms with Gasteiger partial charge in [-0.05, 0) is 52.4 Å². The number of benzene rings is 1. The maximum Gasteiger partial charge on any atom is 0.226 e. The lowest BCUT2D eigenvalue weighted by Gasteiger charge is -2.18. The van der Waals surface area contributed by atoms with Crippen LogP contribution in [-0.2, 0) is 25.8 Å². The van der Waals surface area contributed by atoms with Crippen LogP contribution in [0.1, 0.15) is 64.9 Å². The van der Waals surface area contributed by atoms with Crippen molar-refractivity contribution in [1.82, 2.24) is 5.32 Å². The van der Waals surface area contributed by atoms with Gasteiger partial charge in [0.05, 0.1) is 10.6 Å². The van der Waals surface area contributed by atoms with Gasteiger partial charge in [-0.3, -0.25) is 9.59 Å². The lowest BCUT2D eigenvalue weighted by molar-refractivity contribution is -0.121. The molecule has 1 aliphatic heterocycles. The number of nitrogens with one attached hydrogen (secondary N) is 1. The molecule has 0 saturated heterocycles. The summed E-state index contributed by atoms with van der Waals surface area (Å²) in [6.07, 6.45) is 5.32. The maximum atomic E-state index is 12.9. The molecular weight excluding hydrogens is 468 g/mol. The molecule has 0 saturated carbocycles. The zero-order chi connectivity index (χ0) is 22.3. The fourth-order valence-corrected chi connectivity index (χ4v) is 6.16. The van der Waals surface area contributed by atoms with Crippen LogP contribution >= 0.6 is 15.9 Å². The molecule has 1 unspecified atom stereocenters. The number of carbonyl (C=O) groups excluding carboxylic acids is 2. The Balaban J connectivity index is 2.04. The number of unbranched alkanes of at least 4 members (excludes halogenated alkanes) is 1. The number of halogens is 1. The molecule has 1 N–H and O–H groups in total. The highest BCUT2D eigenvalue weighted by Gasteiger charge is 2.28. The van der Waals surface area contributed by atoms with E-state index in [9.17, 15) is 18.0 Å². The predicted molar refractivity (Wildman–Crippen MR) is 123 cm³/mol. The molecule has 2 rings (SSSR count). The molecule has 6 nitrogen and oxygen atoms in total. The lowest BCUT2D eigenvalue weighted by Crippen LogP contribution is -2.30. The predicted octanol–water partition coefficient (Wildman–Crippen LogP) is 4.24. The number of sulfone groups is 1. The molecule has 0 aromatic heterocycles. The summed E-state index contributed by atoms with van der Waals surface area (Å²) in [6.45, 7) is 7.20. The number of hydrogen-bond donors (Lipinski definition) is 1.